The summed E-state index contributed by atoms with van der Waals surface area (Å²) in [7, 11) is 0. The van der Waals surface area contributed by atoms with Gasteiger partial charge in [0.15, 0.2) is 17.4 Å². The number of nitrogens with zero attached hydrogens (tertiary/aromatic N) is 1. The van der Waals surface area contributed by atoms with Crippen molar-refractivity contribution in [2.75, 3.05) is 18.5 Å². The van der Waals surface area contributed by atoms with Crippen molar-refractivity contribution >= 4 is 34.4 Å². The van der Waals surface area contributed by atoms with Gasteiger partial charge in [0, 0.05) is 18.0 Å². The Morgan fingerprint density at radius 3 is 2.73 bits per heavy atom. The molecule has 1 fully saturated rings. The predicted octanol–water partition coefficient (Wildman–Crippen LogP) is 2.53. The molecule has 3 amide bonds. The minimum Gasteiger partial charge on any atom is -0.451 e. The molecule has 3 N–H and O–H groups in total. The van der Waals surface area contributed by atoms with Gasteiger partial charge in [-0.2, -0.15) is 0 Å². The highest BCUT2D eigenvalue weighted by Gasteiger charge is 2.19. The summed E-state index contributed by atoms with van der Waals surface area (Å²) in [5.74, 6) is -0.778. The van der Waals surface area contributed by atoms with Gasteiger partial charge in [0.05, 0.1) is 0 Å². The van der Waals surface area contributed by atoms with Gasteiger partial charge in [-0.15, -0.1) is 11.3 Å². The summed E-state index contributed by atoms with van der Waals surface area (Å²) in [6.45, 7) is 4.51. The molecule has 0 saturated heterocycles. The van der Waals surface area contributed by atoms with Crippen LogP contribution in [0.2, 0.25) is 0 Å². The van der Waals surface area contributed by atoms with Gasteiger partial charge < -0.3 is 15.4 Å². The monoisotopic (exact) mass is 382 g/mol. The Hall–Kier alpha value is -2.16. The smallest absolute Gasteiger partial charge is 0.358 e. The van der Waals surface area contributed by atoms with Crippen LogP contribution in [0.4, 0.5) is 9.93 Å². The molecule has 1 aliphatic rings. The van der Waals surface area contributed by atoms with Crippen molar-refractivity contribution < 1.29 is 19.1 Å². The molecule has 0 unspecified atom stereocenters. The van der Waals surface area contributed by atoms with E-state index in [0.29, 0.717) is 11.0 Å². The number of carbonyl (C=O) groups is 3. The number of aromatic nitrogens is 1. The van der Waals surface area contributed by atoms with Crippen LogP contribution in [0, 0.1) is 5.92 Å². The van der Waals surface area contributed by atoms with Crippen molar-refractivity contribution in [2.24, 2.45) is 5.92 Å². The quantitative estimate of drug-likeness (QED) is 0.596. The molecule has 1 aliphatic carbocycles. The first-order chi connectivity index (χ1) is 12.4. The van der Waals surface area contributed by atoms with Crippen LogP contribution >= 0.6 is 11.3 Å². The number of hydrogen-bond acceptors (Lipinski definition) is 7. The second-order valence-electron chi connectivity index (χ2n) is 6.73. The van der Waals surface area contributed by atoms with E-state index in [2.05, 4.69) is 34.8 Å². The van der Waals surface area contributed by atoms with Crippen LogP contribution in [0.25, 0.3) is 0 Å². The molecule has 0 aliphatic heterocycles. The number of esters is 1. The third-order valence-corrected chi connectivity index (χ3v) is 4.79. The molecule has 0 radical (unpaired) electrons. The second-order valence-corrected chi connectivity index (χ2v) is 7.58. The van der Waals surface area contributed by atoms with Crippen molar-refractivity contribution in [3.05, 3.63) is 11.1 Å². The number of imide groups is 1. The summed E-state index contributed by atoms with van der Waals surface area (Å²) < 4.78 is 4.90. The zero-order chi connectivity index (χ0) is 18.9. The molecule has 144 valence electrons. The minimum absolute atomic E-state index is 0.113. The third-order valence-electron chi connectivity index (χ3n) is 3.99. The van der Waals surface area contributed by atoms with Gasteiger partial charge in [-0.1, -0.05) is 26.7 Å². The van der Waals surface area contributed by atoms with Gasteiger partial charge >= 0.3 is 12.0 Å². The fraction of sp³-hybridized carbons (Fsp3) is 0.647. The van der Waals surface area contributed by atoms with Crippen molar-refractivity contribution in [1.82, 2.24) is 15.6 Å². The van der Waals surface area contributed by atoms with Crippen LogP contribution in [0.5, 0.6) is 0 Å². The van der Waals surface area contributed by atoms with Crippen molar-refractivity contribution in [3.63, 3.8) is 0 Å². The van der Waals surface area contributed by atoms with Crippen LogP contribution in [0.3, 0.4) is 0 Å². The summed E-state index contributed by atoms with van der Waals surface area (Å²) in [5.41, 5.74) is 0.144. The summed E-state index contributed by atoms with van der Waals surface area (Å²) >= 11 is 1.30. The summed E-state index contributed by atoms with van der Waals surface area (Å²) in [4.78, 5) is 39.4. The highest BCUT2D eigenvalue weighted by Crippen LogP contribution is 2.17. The Labute approximate surface area is 157 Å². The Kier molecular flexibility index (Phi) is 7.83. The number of rotatable bonds is 8. The van der Waals surface area contributed by atoms with Crippen LogP contribution in [0.15, 0.2) is 5.38 Å². The van der Waals surface area contributed by atoms with E-state index in [0.717, 1.165) is 38.6 Å². The van der Waals surface area contributed by atoms with E-state index in [1.54, 1.807) is 5.38 Å². The number of carbonyl (C=O) groups excluding carboxylic acids is 3. The van der Waals surface area contributed by atoms with Gasteiger partial charge in [0.25, 0.3) is 5.91 Å². The maximum atomic E-state index is 11.9. The Morgan fingerprint density at radius 2 is 2.04 bits per heavy atom. The van der Waals surface area contributed by atoms with E-state index in [4.69, 9.17) is 4.74 Å². The fourth-order valence-electron chi connectivity index (χ4n) is 2.58. The van der Waals surface area contributed by atoms with E-state index in [-0.39, 0.29) is 11.7 Å². The number of ether oxygens (including phenoxy) is 1. The molecule has 2 rings (SSSR count). The lowest BCUT2D eigenvalue weighted by Gasteiger charge is -2.12. The molecule has 1 aromatic rings. The lowest BCUT2D eigenvalue weighted by atomic mass is 10.1. The molecule has 0 atom stereocenters. The maximum absolute atomic E-state index is 11.9. The van der Waals surface area contributed by atoms with E-state index in [1.165, 1.54) is 11.3 Å². The van der Waals surface area contributed by atoms with Gasteiger partial charge in [-0.3, -0.25) is 10.1 Å². The normalized spacial score (nSPS) is 14.3. The highest BCUT2D eigenvalue weighted by molar-refractivity contribution is 7.13. The molecule has 1 saturated carbocycles. The minimum atomic E-state index is -0.690. The second kappa shape index (κ2) is 10.1. The van der Waals surface area contributed by atoms with Crippen molar-refractivity contribution in [3.8, 4) is 0 Å². The average molecular weight is 382 g/mol. The Bertz CT molecular complexity index is 626. The fourth-order valence-corrected chi connectivity index (χ4v) is 3.28. The molecule has 1 heterocycles. The lowest BCUT2D eigenvalue weighted by Crippen LogP contribution is -2.45. The maximum Gasteiger partial charge on any atom is 0.358 e. The Balaban J connectivity index is 1.67. The topological polar surface area (TPSA) is 109 Å². The summed E-state index contributed by atoms with van der Waals surface area (Å²) in [6.07, 6.45) is 5.02. The van der Waals surface area contributed by atoms with Crippen LogP contribution in [0.1, 0.15) is 56.4 Å². The number of nitrogens with one attached hydrogen (secondary N) is 3. The van der Waals surface area contributed by atoms with E-state index >= 15 is 0 Å². The molecule has 0 bridgehead atoms. The first-order valence-electron chi connectivity index (χ1n) is 8.91. The Morgan fingerprint density at radius 1 is 1.31 bits per heavy atom. The number of anilines is 1. The first-order valence-corrected chi connectivity index (χ1v) is 9.79. The van der Waals surface area contributed by atoms with Crippen molar-refractivity contribution in [2.45, 2.75) is 52.0 Å². The van der Waals surface area contributed by atoms with Crippen LogP contribution in [-0.2, 0) is 9.53 Å². The molecule has 0 spiro atoms. The van der Waals surface area contributed by atoms with Crippen LogP contribution in [-0.4, -0.2) is 42.1 Å². The van der Waals surface area contributed by atoms with Crippen molar-refractivity contribution in [1.29, 1.82) is 0 Å². The summed E-state index contributed by atoms with van der Waals surface area (Å²) in [5, 5.41) is 10.2. The molecule has 8 nitrogen and oxygen atoms in total. The molecule has 0 aromatic carbocycles. The lowest BCUT2D eigenvalue weighted by molar-refractivity contribution is -0.123. The molecule has 1 aromatic heterocycles. The van der Waals surface area contributed by atoms with Gasteiger partial charge in [-0.25, -0.2) is 14.6 Å². The van der Waals surface area contributed by atoms with Crippen LogP contribution < -0.4 is 16.0 Å². The standard InChI is InChI=1S/C17H26N4O4S/c1-11(2)7-8-18-17-20-13(10-26-17)15(23)25-9-14(22)21-16(24)19-12-5-3-4-6-12/h10-12H,3-9H2,1-2H3,(H,18,20)(H2,19,21,22,24). The van der Waals surface area contributed by atoms with E-state index in [1.807, 2.05) is 0 Å². The van der Waals surface area contributed by atoms with E-state index < -0.39 is 24.5 Å². The SMILES string of the molecule is CC(C)CCNc1nc(C(=O)OCC(=O)NC(=O)NC2CCCC2)cs1. The van der Waals surface area contributed by atoms with Gasteiger partial charge in [0.1, 0.15) is 0 Å². The molecular weight excluding hydrogens is 356 g/mol. The average Bonchev–Trinajstić information content (AvgIpc) is 3.24. The zero-order valence-electron chi connectivity index (χ0n) is 15.2. The third kappa shape index (κ3) is 6.99. The molecule has 26 heavy (non-hydrogen) atoms. The number of urea groups is 1. The molecular formula is C17H26N4O4S. The highest BCUT2D eigenvalue weighted by atomic mass is 32.1. The predicted molar refractivity (Wildman–Crippen MR) is 99.3 cm³/mol. The molecule has 9 heteroatoms. The van der Waals surface area contributed by atoms with Gasteiger partial charge in [-0.05, 0) is 25.2 Å². The zero-order valence-corrected chi connectivity index (χ0v) is 16.0. The van der Waals surface area contributed by atoms with Gasteiger partial charge in [0.2, 0.25) is 0 Å². The first kappa shape index (κ1) is 20.2. The number of thiazole rings is 1. The van der Waals surface area contributed by atoms with E-state index in [9.17, 15) is 14.4 Å². The number of hydrogen-bond donors (Lipinski definition) is 3. The number of amides is 3. The summed E-state index contributed by atoms with van der Waals surface area (Å²) in [6, 6.07) is -0.440. The largest absolute Gasteiger partial charge is 0.451 e.